The number of benzene rings is 1. The minimum Gasteiger partial charge on any atom is -0.376 e. The van der Waals surface area contributed by atoms with Crippen LogP contribution in [0.5, 0.6) is 0 Å². The second-order valence-electron chi connectivity index (χ2n) is 6.71. The van der Waals surface area contributed by atoms with Crippen LogP contribution >= 0.6 is 34.9 Å². The number of aromatic nitrogens is 5. The number of anilines is 1. The van der Waals surface area contributed by atoms with Crippen LogP contribution in [-0.2, 0) is 4.74 Å². The molecule has 1 saturated heterocycles. The molecule has 2 aliphatic rings. The summed E-state index contributed by atoms with van der Waals surface area (Å²) in [5, 5.41) is 22.6. The second-order valence-corrected chi connectivity index (χ2v) is 9.94. The van der Waals surface area contributed by atoms with E-state index in [2.05, 4.69) is 42.4 Å². The van der Waals surface area contributed by atoms with Crippen molar-refractivity contribution < 1.29 is 4.74 Å². The van der Waals surface area contributed by atoms with Crippen LogP contribution in [-0.4, -0.2) is 55.7 Å². The number of nitrogens with one attached hydrogen (secondary N) is 1. The van der Waals surface area contributed by atoms with E-state index < -0.39 is 0 Å². The molecule has 0 aliphatic carbocycles. The Morgan fingerprint density at radius 1 is 1.18 bits per heavy atom. The summed E-state index contributed by atoms with van der Waals surface area (Å²) in [4.78, 5) is 0. The summed E-state index contributed by atoms with van der Waals surface area (Å²) in [5.41, 5.74) is 1.11. The zero-order chi connectivity index (χ0) is 18.8. The van der Waals surface area contributed by atoms with Gasteiger partial charge in [0.2, 0.25) is 5.13 Å². The number of fused-ring (bicyclic) bond motifs is 1. The van der Waals surface area contributed by atoms with Crippen molar-refractivity contribution in [3.8, 4) is 11.4 Å². The topological polar surface area (TPSA) is 77.8 Å². The molecule has 2 aliphatic heterocycles. The third kappa shape index (κ3) is 3.91. The SMILES string of the molecule is c1ccc(-c2nnc3n2[C@H](CSc2nnc(NC[C@H]4CCCO4)s2)CS3)cc1. The highest BCUT2D eigenvalue weighted by atomic mass is 32.2. The highest BCUT2D eigenvalue weighted by Crippen LogP contribution is 2.39. The van der Waals surface area contributed by atoms with Gasteiger partial charge in [0.1, 0.15) is 0 Å². The molecule has 0 radical (unpaired) electrons. The summed E-state index contributed by atoms with van der Waals surface area (Å²) < 4.78 is 8.90. The average Bonchev–Trinajstić information content (AvgIpc) is 3.51. The largest absolute Gasteiger partial charge is 0.376 e. The van der Waals surface area contributed by atoms with Crippen molar-refractivity contribution in [2.75, 3.05) is 30.0 Å². The van der Waals surface area contributed by atoms with Gasteiger partial charge in [-0.2, -0.15) is 0 Å². The molecule has 4 heterocycles. The van der Waals surface area contributed by atoms with Crippen LogP contribution in [0, 0.1) is 0 Å². The second kappa shape index (κ2) is 8.40. The minimum absolute atomic E-state index is 0.305. The van der Waals surface area contributed by atoms with Crippen molar-refractivity contribution in [3.63, 3.8) is 0 Å². The van der Waals surface area contributed by atoms with Crippen LogP contribution in [0.2, 0.25) is 0 Å². The molecule has 3 aromatic rings. The van der Waals surface area contributed by atoms with E-state index in [1.165, 1.54) is 0 Å². The molecule has 146 valence electrons. The molecule has 2 aromatic heterocycles. The molecule has 0 spiro atoms. The number of ether oxygens (including phenoxy) is 1. The van der Waals surface area contributed by atoms with Gasteiger partial charge in [-0.3, -0.25) is 4.57 Å². The normalized spacial score (nSPS) is 21.1. The molecule has 1 fully saturated rings. The summed E-state index contributed by atoms with van der Waals surface area (Å²) in [6.07, 6.45) is 2.58. The van der Waals surface area contributed by atoms with E-state index in [4.69, 9.17) is 4.74 Å². The number of thioether (sulfide) groups is 2. The average molecular weight is 433 g/mol. The van der Waals surface area contributed by atoms with Gasteiger partial charge in [0, 0.05) is 30.2 Å². The van der Waals surface area contributed by atoms with E-state index in [0.717, 1.165) is 63.5 Å². The summed E-state index contributed by atoms with van der Waals surface area (Å²) in [5.74, 6) is 2.89. The smallest absolute Gasteiger partial charge is 0.206 e. The van der Waals surface area contributed by atoms with Gasteiger partial charge in [-0.05, 0) is 12.8 Å². The third-order valence-corrected chi connectivity index (χ3v) is 8.02. The molecule has 28 heavy (non-hydrogen) atoms. The summed E-state index contributed by atoms with van der Waals surface area (Å²) in [6, 6.07) is 10.6. The Bertz CT molecular complexity index is 925. The van der Waals surface area contributed by atoms with Crippen LogP contribution in [0.15, 0.2) is 39.8 Å². The molecule has 0 unspecified atom stereocenters. The van der Waals surface area contributed by atoms with Crippen molar-refractivity contribution in [2.45, 2.75) is 34.5 Å². The van der Waals surface area contributed by atoms with Crippen LogP contribution in [0.25, 0.3) is 11.4 Å². The maximum absolute atomic E-state index is 5.64. The van der Waals surface area contributed by atoms with Crippen LogP contribution in [0.3, 0.4) is 0 Å². The van der Waals surface area contributed by atoms with E-state index in [9.17, 15) is 0 Å². The molecule has 1 aromatic carbocycles. The number of rotatable bonds is 7. The Morgan fingerprint density at radius 3 is 2.96 bits per heavy atom. The summed E-state index contributed by atoms with van der Waals surface area (Å²) in [7, 11) is 0. The molecule has 0 bridgehead atoms. The molecule has 10 heteroatoms. The van der Waals surface area contributed by atoms with E-state index in [1.54, 1.807) is 34.9 Å². The Hall–Kier alpha value is -1.62. The minimum atomic E-state index is 0.305. The zero-order valence-electron chi connectivity index (χ0n) is 15.2. The van der Waals surface area contributed by atoms with Gasteiger partial charge >= 0.3 is 0 Å². The monoisotopic (exact) mass is 432 g/mol. The molecule has 2 atom stereocenters. The van der Waals surface area contributed by atoms with E-state index in [-0.39, 0.29) is 0 Å². The fourth-order valence-electron chi connectivity index (χ4n) is 3.37. The molecular weight excluding hydrogens is 412 g/mol. The number of nitrogens with zero attached hydrogens (tertiary/aromatic N) is 5. The van der Waals surface area contributed by atoms with E-state index in [0.29, 0.717) is 12.1 Å². The first-order chi connectivity index (χ1) is 13.9. The zero-order valence-corrected chi connectivity index (χ0v) is 17.6. The quantitative estimate of drug-likeness (QED) is 0.565. The molecule has 0 saturated carbocycles. The van der Waals surface area contributed by atoms with Gasteiger partial charge in [-0.1, -0.05) is 65.2 Å². The highest BCUT2D eigenvalue weighted by molar-refractivity contribution is 8.01. The van der Waals surface area contributed by atoms with Gasteiger partial charge < -0.3 is 10.1 Å². The lowest BCUT2D eigenvalue weighted by molar-refractivity contribution is 0.120. The van der Waals surface area contributed by atoms with Gasteiger partial charge in [0.05, 0.1) is 12.1 Å². The summed E-state index contributed by atoms with van der Waals surface area (Å²) >= 11 is 5.13. The maximum Gasteiger partial charge on any atom is 0.206 e. The van der Waals surface area contributed by atoms with Crippen molar-refractivity contribution in [3.05, 3.63) is 30.3 Å². The first-order valence-electron chi connectivity index (χ1n) is 9.32. The predicted molar refractivity (Wildman–Crippen MR) is 113 cm³/mol. The van der Waals surface area contributed by atoms with Crippen LogP contribution < -0.4 is 5.32 Å². The first kappa shape index (κ1) is 18.4. The molecule has 0 amide bonds. The fourth-order valence-corrected chi connectivity index (χ4v) is 6.46. The molecular formula is C18H20N6OS3. The van der Waals surface area contributed by atoms with Crippen molar-refractivity contribution in [1.29, 1.82) is 0 Å². The Morgan fingerprint density at radius 2 is 2.11 bits per heavy atom. The molecule has 1 N–H and O–H groups in total. The van der Waals surface area contributed by atoms with Crippen molar-refractivity contribution in [1.82, 2.24) is 25.0 Å². The number of hydrogen-bond acceptors (Lipinski definition) is 9. The Labute approximate surface area is 175 Å². The highest BCUT2D eigenvalue weighted by Gasteiger charge is 2.28. The fraction of sp³-hybridized carbons (Fsp3) is 0.444. The van der Waals surface area contributed by atoms with Crippen LogP contribution in [0.4, 0.5) is 5.13 Å². The van der Waals surface area contributed by atoms with E-state index >= 15 is 0 Å². The lowest BCUT2D eigenvalue weighted by Gasteiger charge is -2.13. The van der Waals surface area contributed by atoms with Gasteiger partial charge in [-0.25, -0.2) is 0 Å². The van der Waals surface area contributed by atoms with Gasteiger partial charge in [0.15, 0.2) is 15.3 Å². The van der Waals surface area contributed by atoms with Crippen LogP contribution in [0.1, 0.15) is 18.9 Å². The van der Waals surface area contributed by atoms with Gasteiger partial charge in [0.25, 0.3) is 0 Å². The van der Waals surface area contributed by atoms with Gasteiger partial charge in [-0.15, -0.1) is 20.4 Å². The Kier molecular flexibility index (Phi) is 5.52. The maximum atomic E-state index is 5.64. The lowest BCUT2D eigenvalue weighted by Crippen LogP contribution is -2.18. The van der Waals surface area contributed by atoms with E-state index in [1.807, 2.05) is 18.2 Å². The van der Waals surface area contributed by atoms with Crippen molar-refractivity contribution >= 4 is 40.0 Å². The standard InChI is InChI=1S/C18H20N6OS3/c1-2-5-12(6-3-1)15-20-22-17-24(15)13(10-26-17)11-27-18-23-21-16(28-18)19-9-14-7-4-8-25-14/h1-3,5-6,13-14H,4,7-11H2,(H,19,21)/t13-,14+/m0/s1. The predicted octanol–water partition coefficient (Wildman–Crippen LogP) is 3.83. The third-order valence-electron chi connectivity index (χ3n) is 4.78. The summed E-state index contributed by atoms with van der Waals surface area (Å²) in [6.45, 7) is 1.68. The first-order valence-corrected chi connectivity index (χ1v) is 12.1. The number of hydrogen-bond donors (Lipinski definition) is 1. The lowest BCUT2D eigenvalue weighted by atomic mass is 10.2. The van der Waals surface area contributed by atoms with Crippen molar-refractivity contribution in [2.24, 2.45) is 0 Å². The molecule has 5 rings (SSSR count). The Balaban J connectivity index is 1.21. The molecule has 7 nitrogen and oxygen atoms in total.